The average Bonchev–Trinajstić information content (AvgIpc) is 2.98. The van der Waals surface area contributed by atoms with E-state index in [1.54, 1.807) is 18.6 Å². The lowest BCUT2D eigenvalue weighted by molar-refractivity contribution is 1.14. The Bertz CT molecular complexity index is 870. The van der Waals surface area contributed by atoms with Gasteiger partial charge in [0.1, 0.15) is 12.1 Å². The van der Waals surface area contributed by atoms with E-state index in [1.165, 1.54) is 16.5 Å². The Labute approximate surface area is 124 Å². The van der Waals surface area contributed by atoms with Crippen LogP contribution in [0.3, 0.4) is 0 Å². The van der Waals surface area contributed by atoms with Gasteiger partial charge in [0.25, 0.3) is 0 Å². The van der Waals surface area contributed by atoms with Crippen LogP contribution in [0.4, 0.5) is 11.5 Å². The minimum atomic E-state index is -0.120. The van der Waals surface area contributed by atoms with Crippen molar-refractivity contribution in [3.63, 3.8) is 0 Å². The topological polar surface area (TPSA) is 70.7 Å². The second-order valence-electron chi connectivity index (χ2n) is 4.82. The van der Waals surface area contributed by atoms with Crippen LogP contribution in [0.1, 0.15) is 5.56 Å². The lowest BCUT2D eigenvalue weighted by Crippen LogP contribution is -2.04. The van der Waals surface area contributed by atoms with Gasteiger partial charge in [-0.05, 0) is 30.2 Å². The molecule has 0 spiro atoms. The van der Waals surface area contributed by atoms with Gasteiger partial charge in [-0.2, -0.15) is 0 Å². The molecule has 0 bridgehead atoms. The zero-order valence-corrected chi connectivity index (χ0v) is 11.9. The van der Waals surface area contributed by atoms with Crippen molar-refractivity contribution in [3.05, 3.63) is 52.7 Å². The van der Waals surface area contributed by atoms with Crippen molar-refractivity contribution >= 4 is 34.2 Å². The van der Waals surface area contributed by atoms with Gasteiger partial charge >= 0.3 is 0 Å². The highest BCUT2D eigenvalue weighted by atomic mass is 32.2. The molecule has 0 unspecified atom stereocenters. The average molecular weight is 296 g/mol. The second kappa shape index (κ2) is 4.89. The lowest BCUT2D eigenvalue weighted by Gasteiger charge is -2.11. The molecule has 5 nitrogen and oxygen atoms in total. The molecule has 1 aromatic carbocycles. The molecule has 0 fully saturated rings. The van der Waals surface area contributed by atoms with E-state index < -0.39 is 0 Å². The third-order valence-electron chi connectivity index (χ3n) is 3.52. The van der Waals surface area contributed by atoms with Gasteiger partial charge in [-0.3, -0.25) is 4.79 Å². The molecule has 2 aromatic heterocycles. The maximum absolute atomic E-state index is 11.1. The Kier molecular flexibility index (Phi) is 2.89. The van der Waals surface area contributed by atoms with Crippen LogP contribution in [0.25, 0.3) is 10.9 Å². The number of hydrogen-bond donors (Lipinski definition) is 2. The molecule has 0 radical (unpaired) electrons. The number of aromatic amines is 1. The monoisotopic (exact) mass is 296 g/mol. The summed E-state index contributed by atoms with van der Waals surface area (Å²) in [6.07, 6.45) is 4.24. The Morgan fingerprint density at radius 3 is 3.00 bits per heavy atom. The summed E-state index contributed by atoms with van der Waals surface area (Å²) in [5.74, 6) is 1.88. The van der Waals surface area contributed by atoms with Gasteiger partial charge < -0.3 is 10.3 Å². The Balaban J connectivity index is 1.86. The minimum Gasteiger partial charge on any atom is -0.338 e. The van der Waals surface area contributed by atoms with E-state index in [4.69, 9.17) is 0 Å². The van der Waals surface area contributed by atoms with E-state index in [2.05, 4.69) is 26.3 Å². The maximum Gasteiger partial charge on any atom is 0.248 e. The molecule has 21 heavy (non-hydrogen) atoms. The van der Waals surface area contributed by atoms with Crippen LogP contribution >= 0.6 is 11.8 Å². The number of nitrogens with zero attached hydrogens (tertiary/aromatic N) is 2. The molecule has 6 heteroatoms. The number of benzene rings is 1. The number of aromatic nitrogens is 3. The summed E-state index contributed by atoms with van der Waals surface area (Å²) in [4.78, 5) is 23.8. The predicted molar refractivity (Wildman–Crippen MR) is 84.3 cm³/mol. The zero-order valence-electron chi connectivity index (χ0n) is 11.1. The smallest absolute Gasteiger partial charge is 0.248 e. The molecule has 0 atom stereocenters. The summed E-state index contributed by atoms with van der Waals surface area (Å²) in [5, 5.41) is 4.35. The summed E-state index contributed by atoms with van der Waals surface area (Å²) in [6.45, 7) is 0. The summed E-state index contributed by atoms with van der Waals surface area (Å²) >= 11 is 1.87. The number of nitrogens with one attached hydrogen (secondary N) is 2. The predicted octanol–water partition coefficient (Wildman–Crippen LogP) is 2.71. The molecule has 0 saturated carbocycles. The number of H-pyrrole nitrogens is 1. The Morgan fingerprint density at radius 2 is 2.14 bits per heavy atom. The van der Waals surface area contributed by atoms with Crippen molar-refractivity contribution in [3.8, 4) is 0 Å². The lowest BCUT2D eigenvalue weighted by atomic mass is 10.1. The molecule has 0 aliphatic carbocycles. The summed E-state index contributed by atoms with van der Waals surface area (Å²) in [6, 6.07) is 7.40. The van der Waals surface area contributed by atoms with Gasteiger partial charge in [-0.1, -0.05) is 0 Å². The number of aryl methyl sites for hydroxylation is 1. The van der Waals surface area contributed by atoms with Gasteiger partial charge in [-0.15, -0.1) is 11.8 Å². The standard InChI is InChI=1S/C15H12N4OS/c20-13-4-1-9(7-16-13)19-15-14-10-5-6-21-12(10)3-2-11(14)17-8-18-15/h1-4,7-8H,5-6H2,(H,16,20)(H,17,18,19). The van der Waals surface area contributed by atoms with Crippen molar-refractivity contribution in [2.75, 3.05) is 11.1 Å². The van der Waals surface area contributed by atoms with Crippen LogP contribution in [-0.2, 0) is 6.42 Å². The summed E-state index contributed by atoms with van der Waals surface area (Å²) in [5.41, 5.74) is 2.94. The van der Waals surface area contributed by atoms with Crippen LogP contribution in [-0.4, -0.2) is 20.7 Å². The highest BCUT2D eigenvalue weighted by Gasteiger charge is 2.18. The highest BCUT2D eigenvalue weighted by Crippen LogP contribution is 2.38. The maximum atomic E-state index is 11.1. The van der Waals surface area contributed by atoms with E-state index >= 15 is 0 Å². The molecule has 2 N–H and O–H groups in total. The molecule has 0 amide bonds. The first kappa shape index (κ1) is 12.4. The van der Waals surface area contributed by atoms with Crippen LogP contribution in [0.2, 0.25) is 0 Å². The SMILES string of the molecule is O=c1ccc(Nc2ncnc3ccc4c(c23)CCS4)c[nH]1. The number of anilines is 2. The fraction of sp³-hybridized carbons (Fsp3) is 0.133. The molecular weight excluding hydrogens is 284 g/mol. The number of rotatable bonds is 2. The Hall–Kier alpha value is -2.34. The second-order valence-corrected chi connectivity index (χ2v) is 5.96. The van der Waals surface area contributed by atoms with Crippen molar-refractivity contribution in [1.29, 1.82) is 0 Å². The van der Waals surface area contributed by atoms with E-state index in [1.807, 2.05) is 17.8 Å². The van der Waals surface area contributed by atoms with Crippen LogP contribution in [0, 0.1) is 0 Å². The van der Waals surface area contributed by atoms with E-state index in [0.29, 0.717) is 0 Å². The summed E-state index contributed by atoms with van der Waals surface area (Å²) in [7, 11) is 0. The molecule has 0 saturated heterocycles. The van der Waals surface area contributed by atoms with Crippen LogP contribution in [0.15, 0.2) is 46.5 Å². The third kappa shape index (κ3) is 2.17. The van der Waals surface area contributed by atoms with Crippen molar-refractivity contribution in [2.45, 2.75) is 11.3 Å². The van der Waals surface area contributed by atoms with E-state index in [0.717, 1.165) is 34.6 Å². The molecule has 104 valence electrons. The number of pyridine rings is 1. The van der Waals surface area contributed by atoms with Crippen LogP contribution in [0.5, 0.6) is 0 Å². The minimum absolute atomic E-state index is 0.120. The van der Waals surface area contributed by atoms with Crippen molar-refractivity contribution in [2.24, 2.45) is 0 Å². The molecule has 4 rings (SSSR count). The van der Waals surface area contributed by atoms with Gasteiger partial charge in [0.05, 0.1) is 11.2 Å². The van der Waals surface area contributed by atoms with Crippen molar-refractivity contribution in [1.82, 2.24) is 15.0 Å². The van der Waals surface area contributed by atoms with Gasteiger partial charge in [-0.25, -0.2) is 9.97 Å². The van der Waals surface area contributed by atoms with E-state index in [-0.39, 0.29) is 5.56 Å². The first-order valence-electron chi connectivity index (χ1n) is 6.66. The van der Waals surface area contributed by atoms with E-state index in [9.17, 15) is 4.79 Å². The fourth-order valence-electron chi connectivity index (χ4n) is 2.57. The molecule has 3 heterocycles. The first-order chi connectivity index (χ1) is 10.3. The van der Waals surface area contributed by atoms with Gasteiger partial charge in [0, 0.05) is 28.3 Å². The third-order valence-corrected chi connectivity index (χ3v) is 4.63. The number of thioether (sulfide) groups is 1. The van der Waals surface area contributed by atoms with Gasteiger partial charge in [0.15, 0.2) is 0 Å². The van der Waals surface area contributed by atoms with Crippen molar-refractivity contribution < 1.29 is 0 Å². The summed E-state index contributed by atoms with van der Waals surface area (Å²) < 4.78 is 0. The van der Waals surface area contributed by atoms with Gasteiger partial charge in [0.2, 0.25) is 5.56 Å². The molecular formula is C15H12N4OS. The fourth-order valence-corrected chi connectivity index (χ4v) is 3.64. The normalized spacial score (nSPS) is 13.3. The number of hydrogen-bond acceptors (Lipinski definition) is 5. The van der Waals surface area contributed by atoms with Crippen LogP contribution < -0.4 is 10.9 Å². The quantitative estimate of drug-likeness (QED) is 0.761. The molecule has 1 aliphatic heterocycles. The first-order valence-corrected chi connectivity index (χ1v) is 7.65. The Morgan fingerprint density at radius 1 is 1.19 bits per heavy atom. The largest absolute Gasteiger partial charge is 0.338 e. The molecule has 3 aromatic rings. The number of fused-ring (bicyclic) bond motifs is 3. The zero-order chi connectivity index (χ0) is 14.2. The molecule has 1 aliphatic rings. The highest BCUT2D eigenvalue weighted by molar-refractivity contribution is 7.99.